The van der Waals surface area contributed by atoms with Gasteiger partial charge in [0.25, 0.3) is 11.8 Å². The molecule has 1 aromatic carbocycles. The molecule has 2 amide bonds. The zero-order valence-electron chi connectivity index (χ0n) is 11.9. The second-order valence-corrected chi connectivity index (χ2v) is 5.16. The van der Waals surface area contributed by atoms with Crippen LogP contribution in [0.3, 0.4) is 0 Å². The summed E-state index contributed by atoms with van der Waals surface area (Å²) in [6, 6.07) is 12.4. The number of nitrogens with one attached hydrogen (secondary N) is 1. The first kappa shape index (κ1) is 14.3. The average Bonchev–Trinajstić information content (AvgIpc) is 3.16. The van der Waals surface area contributed by atoms with Crippen molar-refractivity contribution in [2.24, 2.45) is 0 Å². The van der Waals surface area contributed by atoms with E-state index >= 15 is 0 Å². The number of amides is 2. The van der Waals surface area contributed by atoms with Crippen molar-refractivity contribution in [3.8, 4) is 0 Å². The second kappa shape index (κ2) is 5.65. The maximum atomic E-state index is 12.4. The van der Waals surface area contributed by atoms with E-state index in [1.54, 1.807) is 36.4 Å². The molecule has 22 heavy (non-hydrogen) atoms. The van der Waals surface area contributed by atoms with E-state index in [0.717, 1.165) is 0 Å². The third-order valence-electron chi connectivity index (χ3n) is 3.74. The Balaban J connectivity index is 1.70. The second-order valence-electron chi connectivity index (χ2n) is 5.16. The molecule has 0 bridgehead atoms. The van der Waals surface area contributed by atoms with Crippen molar-refractivity contribution >= 4 is 17.5 Å². The van der Waals surface area contributed by atoms with Crippen LogP contribution in [0.1, 0.15) is 12.2 Å². The Labute approximate surface area is 127 Å². The molecule has 0 aliphatic carbocycles. The lowest BCUT2D eigenvalue weighted by atomic mass is 10.0. The van der Waals surface area contributed by atoms with Gasteiger partial charge in [-0.2, -0.15) is 0 Å². The number of rotatable bonds is 4. The zero-order chi connectivity index (χ0) is 15.6. The topological polar surface area (TPSA) is 82.8 Å². The van der Waals surface area contributed by atoms with Crippen LogP contribution in [0.15, 0.2) is 53.1 Å². The van der Waals surface area contributed by atoms with E-state index in [1.807, 2.05) is 6.07 Å². The van der Waals surface area contributed by atoms with E-state index in [1.165, 1.54) is 11.2 Å². The van der Waals surface area contributed by atoms with E-state index in [4.69, 9.17) is 4.42 Å². The molecule has 0 unspecified atom stereocenters. The molecule has 2 N–H and O–H groups in total. The standard InChI is InChI=1S/C16H16N2O4/c19-14(17-11-13-7-4-10-22-13)16(21)8-9-18(15(16)20)12-5-2-1-3-6-12/h1-7,10,21H,8-9,11H2,(H,17,19)/t16-/m0/s1. The van der Waals surface area contributed by atoms with Crippen molar-refractivity contribution in [1.82, 2.24) is 5.32 Å². The van der Waals surface area contributed by atoms with Crippen molar-refractivity contribution in [1.29, 1.82) is 0 Å². The molecule has 2 aromatic rings. The van der Waals surface area contributed by atoms with E-state index in [-0.39, 0.29) is 13.0 Å². The van der Waals surface area contributed by atoms with Gasteiger partial charge in [-0.15, -0.1) is 0 Å². The number of carbonyl (C=O) groups is 2. The highest BCUT2D eigenvalue weighted by Gasteiger charge is 2.51. The average molecular weight is 300 g/mol. The molecule has 2 heterocycles. The van der Waals surface area contributed by atoms with Crippen molar-refractivity contribution in [2.45, 2.75) is 18.6 Å². The van der Waals surface area contributed by atoms with Gasteiger partial charge in [0.1, 0.15) is 5.76 Å². The van der Waals surface area contributed by atoms with Crippen LogP contribution in [-0.4, -0.2) is 29.1 Å². The quantitative estimate of drug-likeness (QED) is 0.827. The molecule has 6 nitrogen and oxygen atoms in total. The first-order valence-corrected chi connectivity index (χ1v) is 7.01. The highest BCUT2D eigenvalue weighted by Crippen LogP contribution is 2.28. The van der Waals surface area contributed by atoms with Crippen LogP contribution in [0.5, 0.6) is 0 Å². The van der Waals surface area contributed by atoms with Crippen LogP contribution in [0, 0.1) is 0 Å². The van der Waals surface area contributed by atoms with E-state index in [9.17, 15) is 14.7 Å². The number of benzene rings is 1. The molecule has 114 valence electrons. The number of carbonyl (C=O) groups excluding carboxylic acids is 2. The number of nitrogens with zero attached hydrogens (tertiary/aromatic N) is 1. The zero-order valence-corrected chi connectivity index (χ0v) is 11.9. The van der Waals surface area contributed by atoms with Crippen LogP contribution < -0.4 is 10.2 Å². The van der Waals surface area contributed by atoms with Crippen molar-refractivity contribution in [3.05, 3.63) is 54.5 Å². The predicted molar refractivity (Wildman–Crippen MR) is 78.9 cm³/mol. The Kier molecular flexibility index (Phi) is 3.68. The van der Waals surface area contributed by atoms with Crippen LogP contribution >= 0.6 is 0 Å². The number of para-hydroxylation sites is 1. The molecule has 0 saturated carbocycles. The lowest BCUT2D eigenvalue weighted by Crippen LogP contribution is -2.52. The summed E-state index contributed by atoms with van der Waals surface area (Å²) < 4.78 is 5.11. The SMILES string of the molecule is O=C(NCc1ccco1)[C@@]1(O)CCN(c2ccccc2)C1=O. The summed E-state index contributed by atoms with van der Waals surface area (Å²) in [5, 5.41) is 13.0. The molecule has 1 aliphatic rings. The monoisotopic (exact) mass is 300 g/mol. The first-order valence-electron chi connectivity index (χ1n) is 7.01. The molecule has 1 fully saturated rings. The van der Waals surface area contributed by atoms with Crippen molar-refractivity contribution in [2.75, 3.05) is 11.4 Å². The van der Waals surface area contributed by atoms with Crippen LogP contribution in [-0.2, 0) is 16.1 Å². The summed E-state index contributed by atoms with van der Waals surface area (Å²) in [5.74, 6) is -0.745. The molecule has 1 saturated heterocycles. The number of aliphatic hydroxyl groups is 1. The Hall–Kier alpha value is -2.60. The van der Waals surface area contributed by atoms with E-state index in [0.29, 0.717) is 18.0 Å². The van der Waals surface area contributed by atoms with Gasteiger partial charge >= 0.3 is 0 Å². The third kappa shape index (κ3) is 2.48. The smallest absolute Gasteiger partial charge is 0.268 e. The van der Waals surface area contributed by atoms with Gasteiger partial charge in [-0.05, 0) is 24.3 Å². The fraction of sp³-hybridized carbons (Fsp3) is 0.250. The van der Waals surface area contributed by atoms with Gasteiger partial charge in [0, 0.05) is 18.7 Å². The van der Waals surface area contributed by atoms with Gasteiger partial charge in [-0.1, -0.05) is 18.2 Å². The maximum absolute atomic E-state index is 12.4. The highest BCUT2D eigenvalue weighted by molar-refractivity contribution is 6.16. The largest absolute Gasteiger partial charge is 0.467 e. The molecule has 0 spiro atoms. The van der Waals surface area contributed by atoms with Gasteiger partial charge in [0.2, 0.25) is 5.60 Å². The summed E-state index contributed by atoms with van der Waals surface area (Å²) in [6.45, 7) is 0.431. The lowest BCUT2D eigenvalue weighted by Gasteiger charge is -2.21. The normalized spacial score (nSPS) is 21.1. The summed E-state index contributed by atoms with van der Waals surface area (Å²) in [4.78, 5) is 26.0. The highest BCUT2D eigenvalue weighted by atomic mass is 16.3. The summed E-state index contributed by atoms with van der Waals surface area (Å²) >= 11 is 0. The van der Waals surface area contributed by atoms with Gasteiger partial charge in [0.05, 0.1) is 12.8 Å². The van der Waals surface area contributed by atoms with Gasteiger partial charge in [-0.3, -0.25) is 9.59 Å². The molecular weight excluding hydrogens is 284 g/mol. The molecular formula is C16H16N2O4. The molecule has 3 rings (SSSR count). The van der Waals surface area contributed by atoms with Gasteiger partial charge in [-0.25, -0.2) is 0 Å². The first-order chi connectivity index (χ1) is 10.6. The predicted octanol–water partition coefficient (Wildman–Crippen LogP) is 1.06. The summed E-state index contributed by atoms with van der Waals surface area (Å²) in [7, 11) is 0. The van der Waals surface area contributed by atoms with Crippen LogP contribution in [0.4, 0.5) is 5.69 Å². The molecule has 1 atom stereocenters. The molecule has 1 aliphatic heterocycles. The maximum Gasteiger partial charge on any atom is 0.268 e. The summed E-state index contributed by atoms with van der Waals surface area (Å²) in [5.41, 5.74) is -1.36. The number of hydrogen-bond donors (Lipinski definition) is 2. The number of anilines is 1. The Morgan fingerprint density at radius 1 is 1.27 bits per heavy atom. The Bertz CT molecular complexity index is 669. The summed E-state index contributed by atoms with van der Waals surface area (Å²) in [6.07, 6.45) is 1.55. The van der Waals surface area contributed by atoms with Crippen LogP contribution in [0.2, 0.25) is 0 Å². The molecule has 6 heteroatoms. The van der Waals surface area contributed by atoms with Crippen LogP contribution in [0.25, 0.3) is 0 Å². The van der Waals surface area contributed by atoms with Crippen molar-refractivity contribution < 1.29 is 19.1 Å². The fourth-order valence-corrected chi connectivity index (χ4v) is 2.50. The Morgan fingerprint density at radius 3 is 2.73 bits per heavy atom. The minimum atomic E-state index is -2.03. The van der Waals surface area contributed by atoms with Gasteiger partial charge in [0.15, 0.2) is 0 Å². The van der Waals surface area contributed by atoms with Gasteiger partial charge < -0.3 is 19.7 Å². The van der Waals surface area contributed by atoms with E-state index in [2.05, 4.69) is 5.32 Å². The molecule has 1 aromatic heterocycles. The number of hydrogen-bond acceptors (Lipinski definition) is 4. The minimum absolute atomic E-state index is 0.0602. The fourth-order valence-electron chi connectivity index (χ4n) is 2.50. The lowest BCUT2D eigenvalue weighted by molar-refractivity contribution is -0.149. The minimum Gasteiger partial charge on any atom is -0.467 e. The molecule has 0 radical (unpaired) electrons. The van der Waals surface area contributed by atoms with Crippen molar-refractivity contribution in [3.63, 3.8) is 0 Å². The number of furan rings is 1. The Morgan fingerprint density at radius 2 is 2.05 bits per heavy atom. The van der Waals surface area contributed by atoms with E-state index < -0.39 is 17.4 Å². The third-order valence-corrected chi connectivity index (χ3v) is 3.74.